The van der Waals surface area contributed by atoms with Crippen LogP contribution in [-0.4, -0.2) is 10.9 Å². The molecule has 0 bridgehead atoms. The number of nitrogens with two attached hydrogens (primary N) is 1. The van der Waals surface area contributed by atoms with Crippen LogP contribution in [0.3, 0.4) is 0 Å². The Hall–Kier alpha value is -2.21. The highest BCUT2D eigenvalue weighted by Crippen LogP contribution is 2.16. The first-order valence-electron chi connectivity index (χ1n) is 5.60. The Labute approximate surface area is 118 Å². The number of carbonyl (C=O) groups is 1. The molecule has 1 amide bonds. The molecule has 0 unspecified atom stereocenters. The minimum Gasteiger partial charge on any atom is -0.382 e. The van der Waals surface area contributed by atoms with Crippen LogP contribution in [0.15, 0.2) is 30.5 Å². The lowest BCUT2D eigenvalue weighted by Crippen LogP contribution is -2.23. The molecule has 0 radical (unpaired) electrons. The number of nitrogen functional groups attached to an aromatic ring is 1. The van der Waals surface area contributed by atoms with Crippen molar-refractivity contribution in [1.29, 1.82) is 0 Å². The van der Waals surface area contributed by atoms with Crippen molar-refractivity contribution in [3.05, 3.63) is 58.2 Å². The molecule has 20 heavy (non-hydrogen) atoms. The number of benzene rings is 1. The molecule has 104 valence electrons. The van der Waals surface area contributed by atoms with E-state index in [1.807, 2.05) is 0 Å². The van der Waals surface area contributed by atoms with E-state index >= 15 is 0 Å². The maximum atomic E-state index is 13.0. The summed E-state index contributed by atoms with van der Waals surface area (Å²) in [5, 5.41) is 2.71. The van der Waals surface area contributed by atoms with E-state index in [0.29, 0.717) is 5.56 Å². The van der Waals surface area contributed by atoms with Gasteiger partial charge >= 0.3 is 0 Å². The fourth-order valence-electron chi connectivity index (χ4n) is 1.51. The molecule has 2 rings (SSSR count). The van der Waals surface area contributed by atoms with Gasteiger partial charge in [-0.05, 0) is 23.8 Å². The molecule has 0 saturated heterocycles. The third kappa shape index (κ3) is 3.21. The molecule has 1 heterocycles. The van der Waals surface area contributed by atoms with Crippen LogP contribution in [0.2, 0.25) is 5.02 Å². The molecule has 3 N–H and O–H groups in total. The van der Waals surface area contributed by atoms with Gasteiger partial charge in [-0.15, -0.1) is 0 Å². The summed E-state index contributed by atoms with van der Waals surface area (Å²) >= 11 is 5.75. The summed E-state index contributed by atoms with van der Waals surface area (Å²) in [6.45, 7) is 0.0536. The van der Waals surface area contributed by atoms with Crippen LogP contribution in [0, 0.1) is 11.6 Å². The molecule has 0 aliphatic rings. The van der Waals surface area contributed by atoms with Gasteiger partial charge in [0.2, 0.25) is 0 Å². The largest absolute Gasteiger partial charge is 0.382 e. The molecule has 0 spiro atoms. The molecule has 1 aromatic carbocycles. The maximum Gasteiger partial charge on any atom is 0.253 e. The number of aromatic nitrogens is 1. The van der Waals surface area contributed by atoms with Crippen molar-refractivity contribution >= 4 is 23.3 Å². The van der Waals surface area contributed by atoms with Crippen LogP contribution < -0.4 is 11.1 Å². The standard InChI is InChI=1S/C13H10ClF2N3O/c14-9-4-8(6-18-12(9)17)13(20)19-5-7-1-2-10(15)11(16)3-7/h1-4,6H,5H2,(H2,17,18)(H,19,20). The first kappa shape index (κ1) is 14.2. The van der Waals surface area contributed by atoms with Crippen LogP contribution >= 0.6 is 11.6 Å². The summed E-state index contributed by atoms with van der Waals surface area (Å²) in [6, 6.07) is 4.78. The normalized spacial score (nSPS) is 10.3. The Morgan fingerprint density at radius 2 is 2.05 bits per heavy atom. The zero-order chi connectivity index (χ0) is 14.7. The monoisotopic (exact) mass is 297 g/mol. The molecular weight excluding hydrogens is 288 g/mol. The van der Waals surface area contributed by atoms with Gasteiger partial charge in [0.25, 0.3) is 5.91 Å². The second kappa shape index (κ2) is 5.83. The topological polar surface area (TPSA) is 68.0 Å². The maximum absolute atomic E-state index is 13.0. The number of halogens is 3. The smallest absolute Gasteiger partial charge is 0.253 e. The number of nitrogens with zero attached hydrogens (tertiary/aromatic N) is 1. The molecule has 0 saturated carbocycles. The molecule has 0 atom stereocenters. The van der Waals surface area contributed by atoms with Crippen molar-refractivity contribution in [3.8, 4) is 0 Å². The van der Waals surface area contributed by atoms with E-state index in [9.17, 15) is 13.6 Å². The molecule has 0 aliphatic carbocycles. The molecule has 7 heteroatoms. The highest BCUT2D eigenvalue weighted by molar-refractivity contribution is 6.33. The van der Waals surface area contributed by atoms with Gasteiger partial charge in [-0.25, -0.2) is 13.8 Å². The zero-order valence-corrected chi connectivity index (χ0v) is 10.9. The predicted molar refractivity (Wildman–Crippen MR) is 71.2 cm³/mol. The Balaban J connectivity index is 2.04. The van der Waals surface area contributed by atoms with Gasteiger partial charge < -0.3 is 11.1 Å². The Kier molecular flexibility index (Phi) is 4.14. The first-order valence-corrected chi connectivity index (χ1v) is 5.98. The fraction of sp³-hybridized carbons (Fsp3) is 0.0769. The number of amides is 1. The average molecular weight is 298 g/mol. The third-order valence-corrected chi connectivity index (χ3v) is 2.87. The van der Waals surface area contributed by atoms with Crippen molar-refractivity contribution < 1.29 is 13.6 Å². The van der Waals surface area contributed by atoms with Gasteiger partial charge in [0.15, 0.2) is 11.6 Å². The highest BCUT2D eigenvalue weighted by atomic mass is 35.5. The van der Waals surface area contributed by atoms with E-state index < -0.39 is 17.5 Å². The highest BCUT2D eigenvalue weighted by Gasteiger charge is 2.09. The Morgan fingerprint density at radius 1 is 1.30 bits per heavy atom. The van der Waals surface area contributed by atoms with Crippen LogP contribution in [-0.2, 0) is 6.54 Å². The van der Waals surface area contributed by atoms with Crippen molar-refractivity contribution in [1.82, 2.24) is 10.3 Å². The van der Waals surface area contributed by atoms with Gasteiger partial charge in [-0.2, -0.15) is 0 Å². The molecule has 0 aliphatic heterocycles. The van der Waals surface area contributed by atoms with Gasteiger partial charge in [-0.3, -0.25) is 4.79 Å². The van der Waals surface area contributed by atoms with Crippen molar-refractivity contribution in [2.24, 2.45) is 0 Å². The fourth-order valence-corrected chi connectivity index (χ4v) is 1.67. The third-order valence-electron chi connectivity index (χ3n) is 2.57. The Bertz CT molecular complexity index is 664. The van der Waals surface area contributed by atoms with Crippen LogP contribution in [0.4, 0.5) is 14.6 Å². The summed E-state index contributed by atoms with van der Waals surface area (Å²) in [7, 11) is 0. The van der Waals surface area contributed by atoms with Gasteiger partial charge in [-0.1, -0.05) is 17.7 Å². The van der Waals surface area contributed by atoms with E-state index in [2.05, 4.69) is 10.3 Å². The summed E-state index contributed by atoms with van der Waals surface area (Å²) in [4.78, 5) is 15.6. The molecule has 2 aromatic rings. The summed E-state index contributed by atoms with van der Waals surface area (Å²) < 4.78 is 25.7. The summed E-state index contributed by atoms with van der Waals surface area (Å²) in [6.07, 6.45) is 1.28. The average Bonchev–Trinajstić information content (AvgIpc) is 2.43. The minimum atomic E-state index is -0.964. The Morgan fingerprint density at radius 3 is 2.70 bits per heavy atom. The minimum absolute atomic E-state index is 0.0536. The number of anilines is 1. The van der Waals surface area contributed by atoms with Crippen LogP contribution in [0.25, 0.3) is 0 Å². The van der Waals surface area contributed by atoms with Crippen LogP contribution in [0.5, 0.6) is 0 Å². The SMILES string of the molecule is Nc1ncc(C(=O)NCc2ccc(F)c(F)c2)cc1Cl. The van der Waals surface area contributed by atoms with Gasteiger partial charge in [0.1, 0.15) is 5.82 Å². The number of hydrogen-bond donors (Lipinski definition) is 2. The van der Waals surface area contributed by atoms with E-state index in [4.69, 9.17) is 17.3 Å². The van der Waals surface area contributed by atoms with E-state index in [1.54, 1.807) is 0 Å². The molecule has 0 fully saturated rings. The first-order chi connectivity index (χ1) is 9.47. The number of pyridine rings is 1. The van der Waals surface area contributed by atoms with Crippen molar-refractivity contribution in [3.63, 3.8) is 0 Å². The lowest BCUT2D eigenvalue weighted by Gasteiger charge is -2.06. The van der Waals surface area contributed by atoms with E-state index in [1.165, 1.54) is 18.3 Å². The van der Waals surface area contributed by atoms with Crippen molar-refractivity contribution in [2.75, 3.05) is 5.73 Å². The number of nitrogens with one attached hydrogen (secondary N) is 1. The number of carbonyl (C=O) groups excluding carboxylic acids is 1. The lowest BCUT2D eigenvalue weighted by molar-refractivity contribution is 0.0950. The molecule has 1 aromatic heterocycles. The summed E-state index contributed by atoms with van der Waals surface area (Å²) in [5.74, 6) is -2.21. The van der Waals surface area contributed by atoms with E-state index in [0.717, 1.165) is 12.1 Å². The molecular formula is C13H10ClF2N3O. The second-order valence-electron chi connectivity index (χ2n) is 4.02. The summed E-state index contributed by atoms with van der Waals surface area (Å²) in [5.41, 5.74) is 6.10. The quantitative estimate of drug-likeness (QED) is 0.915. The van der Waals surface area contributed by atoms with E-state index in [-0.39, 0.29) is 22.9 Å². The van der Waals surface area contributed by atoms with Crippen LogP contribution in [0.1, 0.15) is 15.9 Å². The van der Waals surface area contributed by atoms with Crippen molar-refractivity contribution in [2.45, 2.75) is 6.54 Å². The second-order valence-corrected chi connectivity index (χ2v) is 4.43. The molecule has 4 nitrogen and oxygen atoms in total. The number of rotatable bonds is 3. The van der Waals surface area contributed by atoms with Gasteiger partial charge in [0, 0.05) is 12.7 Å². The number of hydrogen-bond acceptors (Lipinski definition) is 3. The lowest BCUT2D eigenvalue weighted by atomic mass is 10.2. The van der Waals surface area contributed by atoms with Gasteiger partial charge in [0.05, 0.1) is 10.6 Å². The predicted octanol–water partition coefficient (Wildman–Crippen LogP) is 2.53. The zero-order valence-electron chi connectivity index (χ0n) is 10.2.